The zero-order chi connectivity index (χ0) is 15.4. The molecule has 0 saturated heterocycles. The summed E-state index contributed by atoms with van der Waals surface area (Å²) in [6.07, 6.45) is 0. The molecular weight excluding hydrogens is 268 g/mol. The predicted molar refractivity (Wildman–Crippen MR) is 89.4 cm³/mol. The van der Waals surface area contributed by atoms with E-state index in [4.69, 9.17) is 0 Å². The van der Waals surface area contributed by atoms with Gasteiger partial charge in [-0.1, -0.05) is 48.4 Å². The van der Waals surface area contributed by atoms with Gasteiger partial charge in [-0.3, -0.25) is 0 Å². The molecule has 0 amide bonds. The first-order valence-corrected chi connectivity index (χ1v) is 7.20. The van der Waals surface area contributed by atoms with Crippen molar-refractivity contribution >= 4 is 0 Å². The Morgan fingerprint density at radius 1 is 0.727 bits per heavy atom. The van der Waals surface area contributed by atoms with Gasteiger partial charge in [0.1, 0.15) is 11.5 Å². The maximum atomic E-state index is 4.33. The highest BCUT2D eigenvalue weighted by Gasteiger charge is 1.97. The molecule has 0 fully saturated rings. The van der Waals surface area contributed by atoms with E-state index in [0.717, 1.165) is 22.8 Å². The fourth-order valence-corrected chi connectivity index (χ4v) is 2.29. The maximum Gasteiger partial charge on any atom is 0.126 e. The van der Waals surface area contributed by atoms with Crippen molar-refractivity contribution < 1.29 is 0 Å². The van der Waals surface area contributed by atoms with E-state index in [0.29, 0.717) is 0 Å². The van der Waals surface area contributed by atoms with E-state index >= 15 is 0 Å². The van der Waals surface area contributed by atoms with E-state index < -0.39 is 0 Å². The van der Waals surface area contributed by atoms with Crippen LogP contribution in [-0.4, -0.2) is 9.97 Å². The molecule has 0 unspecified atom stereocenters. The minimum Gasteiger partial charge on any atom is -0.238 e. The largest absolute Gasteiger partial charge is 0.238 e. The third-order valence-electron chi connectivity index (χ3n) is 3.29. The minimum atomic E-state index is 0.753. The van der Waals surface area contributed by atoms with Gasteiger partial charge >= 0.3 is 0 Å². The monoisotopic (exact) mass is 284 g/mol. The molecule has 1 aromatic heterocycles. The molecule has 0 atom stereocenters. The number of rotatable bonds is 1. The Bertz CT molecular complexity index is 818. The van der Waals surface area contributed by atoms with Crippen LogP contribution < -0.4 is 0 Å². The van der Waals surface area contributed by atoms with Crippen molar-refractivity contribution in [3.8, 4) is 23.0 Å². The molecule has 0 aliphatic heterocycles. The van der Waals surface area contributed by atoms with Gasteiger partial charge in [0.25, 0.3) is 0 Å². The highest BCUT2D eigenvalue weighted by molar-refractivity contribution is 5.64. The van der Waals surface area contributed by atoms with Crippen molar-refractivity contribution in [3.05, 3.63) is 83.4 Å². The molecule has 3 rings (SSSR count). The van der Waals surface area contributed by atoms with Gasteiger partial charge in [0.15, 0.2) is 0 Å². The minimum absolute atomic E-state index is 0.753. The smallest absolute Gasteiger partial charge is 0.126 e. The van der Waals surface area contributed by atoms with E-state index in [2.05, 4.69) is 46.1 Å². The molecule has 22 heavy (non-hydrogen) atoms. The molecule has 106 valence electrons. The van der Waals surface area contributed by atoms with Crippen molar-refractivity contribution in [3.63, 3.8) is 0 Å². The summed E-state index contributed by atoms with van der Waals surface area (Å²) >= 11 is 0. The second kappa shape index (κ2) is 6.24. The number of aryl methyl sites for hydroxylation is 2. The van der Waals surface area contributed by atoms with Gasteiger partial charge in [-0.25, -0.2) is 9.97 Å². The van der Waals surface area contributed by atoms with E-state index in [1.807, 2.05) is 50.2 Å². The summed E-state index contributed by atoms with van der Waals surface area (Å²) < 4.78 is 0. The molecule has 0 aliphatic rings. The topological polar surface area (TPSA) is 25.8 Å². The molecule has 0 aliphatic carbocycles. The summed E-state index contributed by atoms with van der Waals surface area (Å²) in [6, 6.07) is 20.5. The Balaban J connectivity index is 1.84. The molecular formula is C20H16N2. The first-order chi connectivity index (χ1) is 10.7. The molecule has 2 heteroatoms. The molecule has 0 N–H and O–H groups in total. The summed E-state index contributed by atoms with van der Waals surface area (Å²) in [7, 11) is 0. The van der Waals surface area contributed by atoms with Gasteiger partial charge in [0, 0.05) is 11.3 Å². The molecule has 0 bridgehead atoms. The molecule has 0 saturated carbocycles. The molecule has 1 heterocycles. The van der Waals surface area contributed by atoms with Crippen LogP contribution in [0.3, 0.4) is 0 Å². The average Bonchev–Trinajstić information content (AvgIpc) is 2.53. The lowest BCUT2D eigenvalue weighted by atomic mass is 10.0. The zero-order valence-electron chi connectivity index (χ0n) is 12.7. The van der Waals surface area contributed by atoms with Gasteiger partial charge in [-0.05, 0) is 49.1 Å². The standard InChI is InChI=1S/C20H16N2/c1-15-14-20(22-16(2)21-15)13-10-17-8-11-19(12-9-17)18-6-4-3-5-7-18/h3-9,11-12,14H,1-2H3. The van der Waals surface area contributed by atoms with Gasteiger partial charge in [-0.15, -0.1) is 0 Å². The molecule has 2 nitrogen and oxygen atoms in total. The summed E-state index contributed by atoms with van der Waals surface area (Å²) in [5.41, 5.74) is 5.09. The van der Waals surface area contributed by atoms with Crippen LogP contribution in [-0.2, 0) is 0 Å². The predicted octanol–water partition coefficient (Wildman–Crippen LogP) is 4.16. The number of hydrogen-bond acceptors (Lipinski definition) is 2. The van der Waals surface area contributed by atoms with Crippen LogP contribution in [0.1, 0.15) is 22.8 Å². The number of nitrogens with zero attached hydrogens (tertiary/aromatic N) is 2. The number of benzene rings is 2. The van der Waals surface area contributed by atoms with Crippen LogP contribution in [0.25, 0.3) is 11.1 Å². The Morgan fingerprint density at radius 3 is 2.09 bits per heavy atom. The lowest BCUT2D eigenvalue weighted by Gasteiger charge is -2.01. The molecule has 2 aromatic carbocycles. The third kappa shape index (κ3) is 3.39. The lowest BCUT2D eigenvalue weighted by molar-refractivity contribution is 1.000. The molecule has 0 spiro atoms. The second-order valence-electron chi connectivity index (χ2n) is 5.14. The van der Waals surface area contributed by atoms with Crippen molar-refractivity contribution in [2.24, 2.45) is 0 Å². The SMILES string of the molecule is Cc1cc(C#Cc2ccc(-c3ccccc3)cc2)nc(C)n1. The van der Waals surface area contributed by atoms with Crippen LogP contribution in [0.15, 0.2) is 60.7 Å². The average molecular weight is 284 g/mol. The Kier molecular flexibility index (Phi) is 3.98. The van der Waals surface area contributed by atoms with Crippen molar-refractivity contribution in [1.29, 1.82) is 0 Å². The van der Waals surface area contributed by atoms with Crippen LogP contribution in [0.5, 0.6) is 0 Å². The first-order valence-electron chi connectivity index (χ1n) is 7.20. The van der Waals surface area contributed by atoms with E-state index in [1.54, 1.807) is 0 Å². The van der Waals surface area contributed by atoms with Crippen LogP contribution >= 0.6 is 0 Å². The normalized spacial score (nSPS) is 9.91. The van der Waals surface area contributed by atoms with Crippen LogP contribution in [0.4, 0.5) is 0 Å². The van der Waals surface area contributed by atoms with Crippen molar-refractivity contribution in [2.75, 3.05) is 0 Å². The summed E-state index contributed by atoms with van der Waals surface area (Å²) in [6.45, 7) is 3.83. The maximum absolute atomic E-state index is 4.33. The highest BCUT2D eigenvalue weighted by atomic mass is 14.9. The molecule has 3 aromatic rings. The highest BCUT2D eigenvalue weighted by Crippen LogP contribution is 2.18. The summed E-state index contributed by atoms with van der Waals surface area (Å²) in [5.74, 6) is 7.01. The lowest BCUT2D eigenvalue weighted by Crippen LogP contribution is -1.93. The van der Waals surface area contributed by atoms with E-state index in [9.17, 15) is 0 Å². The van der Waals surface area contributed by atoms with E-state index in [-0.39, 0.29) is 0 Å². The van der Waals surface area contributed by atoms with E-state index in [1.165, 1.54) is 11.1 Å². The van der Waals surface area contributed by atoms with Crippen molar-refractivity contribution in [2.45, 2.75) is 13.8 Å². The van der Waals surface area contributed by atoms with Crippen LogP contribution in [0.2, 0.25) is 0 Å². The molecule has 0 radical (unpaired) electrons. The Hall–Kier alpha value is -2.92. The Morgan fingerprint density at radius 2 is 1.41 bits per heavy atom. The first kappa shape index (κ1) is 14.0. The Labute approximate surface area is 130 Å². The summed E-state index contributed by atoms with van der Waals surface area (Å²) in [5, 5.41) is 0. The zero-order valence-corrected chi connectivity index (χ0v) is 12.7. The van der Waals surface area contributed by atoms with Crippen molar-refractivity contribution in [1.82, 2.24) is 9.97 Å². The fraction of sp³-hybridized carbons (Fsp3) is 0.100. The fourth-order valence-electron chi connectivity index (χ4n) is 2.29. The summed E-state index contributed by atoms with van der Waals surface area (Å²) in [4.78, 5) is 8.59. The van der Waals surface area contributed by atoms with Gasteiger partial charge in [0.05, 0.1) is 0 Å². The van der Waals surface area contributed by atoms with Gasteiger partial charge < -0.3 is 0 Å². The number of hydrogen-bond donors (Lipinski definition) is 0. The third-order valence-corrected chi connectivity index (χ3v) is 3.29. The van der Waals surface area contributed by atoms with Crippen LogP contribution in [0, 0.1) is 25.7 Å². The number of aromatic nitrogens is 2. The van der Waals surface area contributed by atoms with Gasteiger partial charge in [-0.2, -0.15) is 0 Å². The quantitative estimate of drug-likeness (QED) is 0.627. The van der Waals surface area contributed by atoms with Gasteiger partial charge in [0.2, 0.25) is 0 Å². The second-order valence-corrected chi connectivity index (χ2v) is 5.14.